The van der Waals surface area contributed by atoms with E-state index in [0.29, 0.717) is 15.6 Å². The minimum atomic E-state index is -3.27. The summed E-state index contributed by atoms with van der Waals surface area (Å²) >= 11 is 7.50. The summed E-state index contributed by atoms with van der Waals surface area (Å²) in [4.78, 5) is 14.9. The van der Waals surface area contributed by atoms with Crippen LogP contribution in [0.4, 0.5) is 5.69 Å². The molecule has 0 spiro atoms. The van der Waals surface area contributed by atoms with Gasteiger partial charge in [-0.25, -0.2) is 8.42 Å². The van der Waals surface area contributed by atoms with E-state index in [2.05, 4.69) is 0 Å². The van der Waals surface area contributed by atoms with Crippen LogP contribution in [-0.4, -0.2) is 26.1 Å². The molecule has 23 heavy (non-hydrogen) atoms. The first-order chi connectivity index (χ1) is 10.9. The number of rotatable bonds is 3. The van der Waals surface area contributed by atoms with Gasteiger partial charge in [0.2, 0.25) is 0 Å². The molecule has 1 unspecified atom stereocenters. The highest BCUT2D eigenvalue weighted by molar-refractivity contribution is 7.94. The molecule has 2 aromatic rings. The zero-order valence-electron chi connectivity index (χ0n) is 12.3. The third-order valence-electron chi connectivity index (χ3n) is 3.63. The molecule has 1 amide bonds. The Morgan fingerprint density at radius 2 is 2.13 bits per heavy atom. The smallest absolute Gasteiger partial charge is 0.268 e. The number of sulfone groups is 1. The number of hydrogen-bond acceptors (Lipinski definition) is 4. The number of carbonyl (C=O) groups is 1. The number of thiophene rings is 1. The van der Waals surface area contributed by atoms with E-state index in [-0.39, 0.29) is 11.7 Å². The second-order valence-electron chi connectivity index (χ2n) is 5.31. The number of anilines is 1. The Bertz CT molecular complexity index is 873. The lowest BCUT2D eigenvalue weighted by Crippen LogP contribution is -2.41. The normalized spacial score (nSPS) is 19.0. The van der Waals surface area contributed by atoms with Crippen molar-refractivity contribution < 1.29 is 13.2 Å². The molecule has 0 radical (unpaired) electrons. The summed E-state index contributed by atoms with van der Waals surface area (Å²) in [7, 11) is -3.27. The van der Waals surface area contributed by atoms with Gasteiger partial charge in [0, 0.05) is 16.1 Å². The number of benzene rings is 1. The van der Waals surface area contributed by atoms with Crippen LogP contribution in [0.3, 0.4) is 0 Å². The topological polar surface area (TPSA) is 54.5 Å². The van der Waals surface area contributed by atoms with Gasteiger partial charge in [0.25, 0.3) is 5.91 Å². The molecule has 0 fully saturated rings. The van der Waals surface area contributed by atoms with Gasteiger partial charge in [0.15, 0.2) is 9.84 Å². The van der Waals surface area contributed by atoms with Crippen LogP contribution in [0.1, 0.15) is 15.2 Å². The monoisotopic (exact) mass is 367 g/mol. The molecule has 7 heteroatoms. The van der Waals surface area contributed by atoms with Crippen LogP contribution in [0.5, 0.6) is 0 Å². The van der Waals surface area contributed by atoms with Gasteiger partial charge in [-0.2, -0.15) is 0 Å². The van der Waals surface area contributed by atoms with Crippen molar-refractivity contribution in [2.75, 3.05) is 10.7 Å². The Morgan fingerprint density at radius 3 is 2.70 bits per heavy atom. The van der Waals surface area contributed by atoms with Gasteiger partial charge in [-0.05, 0) is 42.1 Å². The van der Waals surface area contributed by atoms with E-state index in [1.54, 1.807) is 30.3 Å². The summed E-state index contributed by atoms with van der Waals surface area (Å²) in [6.45, 7) is 1.87. The van der Waals surface area contributed by atoms with E-state index >= 15 is 0 Å². The molecule has 0 N–H and O–H groups in total. The molecule has 1 aromatic heterocycles. The summed E-state index contributed by atoms with van der Waals surface area (Å²) in [6, 6.07) is 8.28. The second kappa shape index (κ2) is 6.11. The average molecular weight is 368 g/mol. The van der Waals surface area contributed by atoms with Gasteiger partial charge in [-0.1, -0.05) is 23.7 Å². The van der Waals surface area contributed by atoms with Crippen molar-refractivity contribution in [3.8, 4) is 0 Å². The number of hydrogen-bond donors (Lipinski definition) is 0. The van der Waals surface area contributed by atoms with Gasteiger partial charge < -0.3 is 0 Å². The Morgan fingerprint density at radius 1 is 1.35 bits per heavy atom. The summed E-state index contributed by atoms with van der Waals surface area (Å²) < 4.78 is 23.5. The van der Waals surface area contributed by atoms with E-state index in [0.717, 1.165) is 5.56 Å². The van der Waals surface area contributed by atoms with Crippen LogP contribution in [0.15, 0.2) is 47.2 Å². The third-order valence-corrected chi connectivity index (χ3v) is 6.27. The molecule has 120 valence electrons. The summed E-state index contributed by atoms with van der Waals surface area (Å²) in [6.07, 6.45) is 1.55. The highest BCUT2D eigenvalue weighted by Gasteiger charge is 2.32. The van der Waals surface area contributed by atoms with Gasteiger partial charge >= 0.3 is 0 Å². The number of carbonyl (C=O) groups excluding carboxylic acids is 1. The van der Waals surface area contributed by atoms with Gasteiger partial charge in [-0.3, -0.25) is 9.69 Å². The Balaban J connectivity index is 2.05. The molecule has 1 aromatic carbocycles. The largest absolute Gasteiger partial charge is 0.300 e. The zero-order valence-corrected chi connectivity index (χ0v) is 14.7. The van der Waals surface area contributed by atoms with Crippen LogP contribution >= 0.6 is 22.9 Å². The van der Waals surface area contributed by atoms with E-state index in [1.807, 2.05) is 18.4 Å². The highest BCUT2D eigenvalue weighted by Crippen LogP contribution is 2.29. The van der Waals surface area contributed by atoms with Crippen molar-refractivity contribution in [2.24, 2.45) is 0 Å². The standard InChI is InChI=1S/C16H14ClNO3S2/c1-11-4-5-12(9-14(11)17)18(13-6-8-23(20,21)10-13)16(19)15-3-2-7-22-15/h2-9,13H,10H2,1H3. The molecule has 4 nitrogen and oxygen atoms in total. The molecule has 0 aliphatic carbocycles. The van der Waals surface area contributed by atoms with Crippen molar-refractivity contribution in [2.45, 2.75) is 13.0 Å². The van der Waals surface area contributed by atoms with Crippen molar-refractivity contribution in [3.63, 3.8) is 0 Å². The van der Waals surface area contributed by atoms with Crippen molar-refractivity contribution in [1.82, 2.24) is 0 Å². The average Bonchev–Trinajstić information content (AvgIpc) is 3.13. The first kappa shape index (κ1) is 16.2. The maximum atomic E-state index is 12.9. The fourth-order valence-electron chi connectivity index (χ4n) is 2.43. The van der Waals surface area contributed by atoms with Crippen LogP contribution in [0, 0.1) is 6.92 Å². The van der Waals surface area contributed by atoms with E-state index in [1.165, 1.54) is 21.6 Å². The Labute approximate surface area is 143 Å². The molecular weight excluding hydrogens is 354 g/mol. The number of aryl methyl sites for hydroxylation is 1. The Kier molecular flexibility index (Phi) is 4.31. The first-order valence-electron chi connectivity index (χ1n) is 6.91. The first-order valence-corrected chi connectivity index (χ1v) is 9.89. The lowest BCUT2D eigenvalue weighted by atomic mass is 10.1. The maximum absolute atomic E-state index is 12.9. The molecule has 3 rings (SSSR count). The third kappa shape index (κ3) is 3.34. The number of nitrogens with zero attached hydrogens (tertiary/aromatic N) is 1. The van der Waals surface area contributed by atoms with E-state index in [4.69, 9.17) is 11.6 Å². The predicted molar refractivity (Wildman–Crippen MR) is 94.0 cm³/mol. The number of amides is 1. The van der Waals surface area contributed by atoms with Crippen LogP contribution in [0.25, 0.3) is 0 Å². The fourth-order valence-corrected chi connectivity index (χ4v) is 4.53. The maximum Gasteiger partial charge on any atom is 0.268 e. The molecular formula is C16H14ClNO3S2. The summed E-state index contributed by atoms with van der Waals surface area (Å²) in [5.74, 6) is -0.345. The molecule has 1 atom stereocenters. The molecule has 1 aliphatic heterocycles. The molecule has 0 saturated heterocycles. The van der Waals surface area contributed by atoms with Gasteiger partial charge in [-0.15, -0.1) is 11.3 Å². The lowest BCUT2D eigenvalue weighted by molar-refractivity contribution is 0.0987. The quantitative estimate of drug-likeness (QED) is 0.831. The molecule has 1 aliphatic rings. The number of halogens is 1. The van der Waals surface area contributed by atoms with Crippen LogP contribution < -0.4 is 4.90 Å². The molecule has 0 saturated carbocycles. The molecule has 2 heterocycles. The van der Waals surface area contributed by atoms with Crippen LogP contribution in [0.2, 0.25) is 5.02 Å². The molecule has 0 bridgehead atoms. The van der Waals surface area contributed by atoms with Gasteiger partial charge in [0.1, 0.15) is 0 Å². The summed E-state index contributed by atoms with van der Waals surface area (Å²) in [5.41, 5.74) is 1.49. The van der Waals surface area contributed by atoms with Crippen molar-refractivity contribution in [1.29, 1.82) is 0 Å². The van der Waals surface area contributed by atoms with E-state index < -0.39 is 15.9 Å². The van der Waals surface area contributed by atoms with Gasteiger partial charge in [0.05, 0.1) is 16.7 Å². The minimum Gasteiger partial charge on any atom is -0.300 e. The van der Waals surface area contributed by atoms with Crippen molar-refractivity contribution in [3.05, 3.63) is 62.7 Å². The second-order valence-corrected chi connectivity index (χ2v) is 8.60. The SMILES string of the molecule is Cc1ccc(N(C(=O)c2cccs2)C2C=CS(=O)(=O)C2)cc1Cl. The summed E-state index contributed by atoms with van der Waals surface area (Å²) in [5, 5.41) is 3.52. The highest BCUT2D eigenvalue weighted by atomic mass is 35.5. The lowest BCUT2D eigenvalue weighted by Gasteiger charge is -2.27. The predicted octanol–water partition coefficient (Wildman–Crippen LogP) is 3.67. The minimum absolute atomic E-state index is 0.115. The van der Waals surface area contributed by atoms with E-state index in [9.17, 15) is 13.2 Å². The Hall–Kier alpha value is -1.63. The van der Waals surface area contributed by atoms with Crippen LogP contribution in [-0.2, 0) is 9.84 Å². The fraction of sp³-hybridized carbons (Fsp3) is 0.188. The zero-order chi connectivity index (χ0) is 16.6. The van der Waals surface area contributed by atoms with Crippen molar-refractivity contribution >= 4 is 44.4 Å².